The first-order valence-corrected chi connectivity index (χ1v) is 6.16. The lowest BCUT2D eigenvalue weighted by Crippen LogP contribution is -2.15. The fourth-order valence-corrected chi connectivity index (χ4v) is 2.14. The molecule has 0 radical (unpaired) electrons. The smallest absolute Gasteiger partial charge is 0.166 e. The van der Waals surface area contributed by atoms with E-state index in [1.165, 1.54) is 0 Å². The second kappa shape index (κ2) is 5.67. The topological polar surface area (TPSA) is 50.7 Å². The average Bonchev–Trinajstić information content (AvgIpc) is 2.79. The molecule has 16 heavy (non-hydrogen) atoms. The number of rotatable bonds is 5. The van der Waals surface area contributed by atoms with Crippen LogP contribution in [0.3, 0.4) is 0 Å². The second-order valence-electron chi connectivity index (χ2n) is 3.32. The van der Waals surface area contributed by atoms with E-state index < -0.39 is 0 Å². The number of hydrogen-bond acceptors (Lipinski definition) is 5. The van der Waals surface area contributed by atoms with Crippen molar-refractivity contribution in [1.29, 1.82) is 0 Å². The van der Waals surface area contributed by atoms with Crippen LogP contribution in [0.5, 0.6) is 0 Å². The highest BCUT2D eigenvalue weighted by atomic mass is 32.1. The number of hydrogen-bond donors (Lipinski definition) is 1. The van der Waals surface area contributed by atoms with Crippen molar-refractivity contribution in [3.05, 3.63) is 29.4 Å². The molecular formula is C11H14N4S. The lowest BCUT2D eigenvalue weighted by Gasteiger charge is -1.96. The lowest BCUT2D eigenvalue weighted by molar-refractivity contribution is 0.710. The van der Waals surface area contributed by atoms with Gasteiger partial charge < -0.3 is 5.32 Å². The first-order valence-electron chi connectivity index (χ1n) is 5.34. The van der Waals surface area contributed by atoms with Gasteiger partial charge in [-0.1, -0.05) is 24.3 Å². The lowest BCUT2D eigenvalue weighted by atomic mass is 10.4. The number of pyridine rings is 1. The predicted octanol–water partition coefficient (Wildman–Crippen LogP) is 1.75. The maximum atomic E-state index is 4.25. The van der Waals surface area contributed by atoms with Crippen molar-refractivity contribution in [2.24, 2.45) is 0 Å². The van der Waals surface area contributed by atoms with Crippen LogP contribution >= 0.6 is 11.3 Å². The van der Waals surface area contributed by atoms with Crippen LogP contribution in [0.1, 0.15) is 11.9 Å². The van der Waals surface area contributed by atoms with E-state index in [1.807, 2.05) is 18.2 Å². The van der Waals surface area contributed by atoms with Crippen molar-refractivity contribution >= 4 is 11.3 Å². The van der Waals surface area contributed by atoms with Gasteiger partial charge in [-0.25, -0.2) is 0 Å². The standard InChI is InChI=1S/C11H14N4S/c1-2-12-8-6-10-14-15-11(16-10)9-5-3-4-7-13-9/h3-5,7,12H,2,6,8H2,1H3. The zero-order valence-electron chi connectivity index (χ0n) is 9.18. The number of likely N-dealkylation sites (N-methyl/N-ethyl adjacent to an activating group) is 1. The summed E-state index contributed by atoms with van der Waals surface area (Å²) in [5, 5.41) is 13.5. The molecule has 0 saturated carbocycles. The van der Waals surface area contributed by atoms with Gasteiger partial charge in [-0.2, -0.15) is 0 Å². The highest BCUT2D eigenvalue weighted by Gasteiger charge is 2.06. The Morgan fingerprint density at radius 3 is 3.00 bits per heavy atom. The molecule has 0 aromatic carbocycles. The first-order chi connectivity index (χ1) is 7.90. The summed E-state index contributed by atoms with van der Waals surface area (Å²) in [4.78, 5) is 4.25. The van der Waals surface area contributed by atoms with Crippen molar-refractivity contribution in [3.63, 3.8) is 0 Å². The Morgan fingerprint density at radius 1 is 1.31 bits per heavy atom. The first kappa shape index (κ1) is 11.2. The second-order valence-corrected chi connectivity index (χ2v) is 4.38. The van der Waals surface area contributed by atoms with Gasteiger partial charge in [-0.3, -0.25) is 4.98 Å². The van der Waals surface area contributed by atoms with Gasteiger partial charge in [-0.05, 0) is 18.7 Å². The molecule has 5 heteroatoms. The molecule has 0 aliphatic carbocycles. The minimum absolute atomic E-state index is 0.895. The molecular weight excluding hydrogens is 220 g/mol. The van der Waals surface area contributed by atoms with Crippen molar-refractivity contribution in [3.8, 4) is 10.7 Å². The van der Waals surface area contributed by atoms with Crippen LogP contribution < -0.4 is 5.32 Å². The third-order valence-electron chi connectivity index (χ3n) is 2.12. The molecule has 2 heterocycles. The van der Waals surface area contributed by atoms with Gasteiger partial charge in [0.15, 0.2) is 5.01 Å². The van der Waals surface area contributed by atoms with Crippen molar-refractivity contribution < 1.29 is 0 Å². The maximum absolute atomic E-state index is 4.25. The summed E-state index contributed by atoms with van der Waals surface area (Å²) in [5.74, 6) is 0. The van der Waals surface area contributed by atoms with Crippen LogP contribution in [0.25, 0.3) is 10.7 Å². The van der Waals surface area contributed by atoms with Crippen LogP contribution in [0, 0.1) is 0 Å². The van der Waals surface area contributed by atoms with Crippen molar-refractivity contribution in [2.75, 3.05) is 13.1 Å². The largest absolute Gasteiger partial charge is 0.317 e. The Labute approximate surface area is 98.8 Å². The van der Waals surface area contributed by atoms with Gasteiger partial charge in [0.25, 0.3) is 0 Å². The van der Waals surface area contributed by atoms with E-state index in [0.29, 0.717) is 0 Å². The van der Waals surface area contributed by atoms with Crippen molar-refractivity contribution in [1.82, 2.24) is 20.5 Å². The highest BCUT2D eigenvalue weighted by Crippen LogP contribution is 2.20. The molecule has 2 aromatic rings. The summed E-state index contributed by atoms with van der Waals surface area (Å²) in [6.45, 7) is 4.04. The summed E-state index contributed by atoms with van der Waals surface area (Å²) < 4.78 is 0. The molecule has 4 nitrogen and oxygen atoms in total. The minimum atomic E-state index is 0.895. The Bertz CT molecular complexity index is 427. The van der Waals surface area contributed by atoms with E-state index in [1.54, 1.807) is 17.5 Å². The molecule has 0 bridgehead atoms. The zero-order valence-corrected chi connectivity index (χ0v) is 10.00. The van der Waals surface area contributed by atoms with Gasteiger partial charge in [0.1, 0.15) is 10.7 Å². The molecule has 0 unspecified atom stereocenters. The third kappa shape index (κ3) is 2.84. The van der Waals surface area contributed by atoms with E-state index in [9.17, 15) is 0 Å². The summed E-state index contributed by atoms with van der Waals surface area (Å²) in [7, 11) is 0. The molecule has 1 N–H and O–H groups in total. The number of nitrogens with zero attached hydrogens (tertiary/aromatic N) is 3. The maximum Gasteiger partial charge on any atom is 0.166 e. The van der Waals surface area contributed by atoms with Crippen LogP contribution in [-0.2, 0) is 6.42 Å². The van der Waals surface area contributed by atoms with Gasteiger partial charge in [0.05, 0.1) is 0 Å². The fraction of sp³-hybridized carbons (Fsp3) is 0.364. The molecule has 84 valence electrons. The minimum Gasteiger partial charge on any atom is -0.317 e. The summed E-state index contributed by atoms with van der Waals surface area (Å²) >= 11 is 1.61. The monoisotopic (exact) mass is 234 g/mol. The fourth-order valence-electron chi connectivity index (χ4n) is 1.32. The molecule has 0 atom stereocenters. The normalized spacial score (nSPS) is 10.6. The third-order valence-corrected chi connectivity index (χ3v) is 3.12. The molecule has 0 amide bonds. The SMILES string of the molecule is CCNCCc1nnc(-c2ccccn2)s1. The van der Waals surface area contributed by atoms with Crippen molar-refractivity contribution in [2.45, 2.75) is 13.3 Å². The Balaban J connectivity index is 2.02. The number of aromatic nitrogens is 3. The number of nitrogens with one attached hydrogen (secondary N) is 1. The van der Waals surface area contributed by atoms with E-state index in [0.717, 1.165) is 35.2 Å². The van der Waals surface area contributed by atoms with Gasteiger partial charge in [0, 0.05) is 19.2 Å². The Kier molecular flexibility index (Phi) is 3.96. The molecule has 0 aliphatic rings. The van der Waals surface area contributed by atoms with Gasteiger partial charge >= 0.3 is 0 Å². The molecule has 0 spiro atoms. The molecule has 0 aliphatic heterocycles. The van der Waals surface area contributed by atoms with Crippen LogP contribution in [0.15, 0.2) is 24.4 Å². The molecule has 0 fully saturated rings. The van der Waals surface area contributed by atoms with Gasteiger partial charge in [-0.15, -0.1) is 10.2 Å². The van der Waals surface area contributed by atoms with E-state index in [4.69, 9.17) is 0 Å². The predicted molar refractivity (Wildman–Crippen MR) is 65.4 cm³/mol. The van der Waals surface area contributed by atoms with Crippen LogP contribution in [0.4, 0.5) is 0 Å². The Morgan fingerprint density at radius 2 is 2.25 bits per heavy atom. The summed E-state index contributed by atoms with van der Waals surface area (Å²) in [5.41, 5.74) is 0.898. The van der Waals surface area contributed by atoms with E-state index in [-0.39, 0.29) is 0 Å². The highest BCUT2D eigenvalue weighted by molar-refractivity contribution is 7.14. The van der Waals surface area contributed by atoms with E-state index in [2.05, 4.69) is 27.4 Å². The molecule has 0 saturated heterocycles. The Hall–Kier alpha value is -1.33. The quantitative estimate of drug-likeness (QED) is 0.801. The van der Waals surface area contributed by atoms with Crippen LogP contribution in [0.2, 0.25) is 0 Å². The van der Waals surface area contributed by atoms with E-state index >= 15 is 0 Å². The van der Waals surface area contributed by atoms with Crippen LogP contribution in [-0.4, -0.2) is 28.3 Å². The summed E-state index contributed by atoms with van der Waals surface area (Å²) in [6, 6.07) is 5.81. The zero-order chi connectivity index (χ0) is 11.2. The average molecular weight is 234 g/mol. The summed E-state index contributed by atoms with van der Waals surface area (Å²) in [6.07, 6.45) is 2.70. The molecule has 2 rings (SSSR count). The molecule has 2 aromatic heterocycles. The van der Waals surface area contributed by atoms with Gasteiger partial charge in [0.2, 0.25) is 0 Å².